The average Bonchev–Trinajstić information content (AvgIpc) is 2.17. The zero-order chi connectivity index (χ0) is 13.3. The van der Waals surface area contributed by atoms with Crippen LogP contribution in [0.2, 0.25) is 0 Å². The van der Waals surface area contributed by atoms with E-state index in [1.165, 1.54) is 13.0 Å². The van der Waals surface area contributed by atoms with E-state index in [4.69, 9.17) is 4.55 Å². The fourth-order valence-corrected chi connectivity index (χ4v) is 1.85. The molecule has 17 heavy (non-hydrogen) atoms. The van der Waals surface area contributed by atoms with E-state index in [9.17, 15) is 8.42 Å². The molecule has 1 rings (SSSR count). The van der Waals surface area contributed by atoms with Crippen LogP contribution in [0.3, 0.4) is 0 Å². The van der Waals surface area contributed by atoms with E-state index in [1.807, 2.05) is 0 Å². The van der Waals surface area contributed by atoms with Crippen molar-refractivity contribution in [2.24, 2.45) is 0 Å². The van der Waals surface area contributed by atoms with E-state index in [2.05, 4.69) is 25.9 Å². The summed E-state index contributed by atoms with van der Waals surface area (Å²) in [4.78, 5) is 2.18. The van der Waals surface area contributed by atoms with Gasteiger partial charge in [0.2, 0.25) is 0 Å². The van der Waals surface area contributed by atoms with Crippen molar-refractivity contribution in [2.75, 3.05) is 20.6 Å². The van der Waals surface area contributed by atoms with E-state index in [0.29, 0.717) is 5.56 Å². The van der Waals surface area contributed by atoms with Crippen LogP contribution in [-0.2, 0) is 15.9 Å². The summed E-state index contributed by atoms with van der Waals surface area (Å²) in [5.41, 5.74) is 0.593. The second-order valence-electron chi connectivity index (χ2n) is 4.02. The smallest absolute Gasteiger partial charge is 0.269 e. The van der Waals surface area contributed by atoms with Gasteiger partial charge in [0.15, 0.2) is 0 Å². The Hall–Kier alpha value is -0.910. The maximum Gasteiger partial charge on any atom is 0.269 e. The zero-order valence-electron chi connectivity index (χ0n) is 10.6. The van der Waals surface area contributed by atoms with Crippen molar-refractivity contribution in [2.45, 2.75) is 19.1 Å². The molecule has 0 radical (unpaired) electrons. The molecule has 0 bridgehead atoms. The first kappa shape index (κ1) is 16.1. The third-order valence-electron chi connectivity index (χ3n) is 1.86. The van der Waals surface area contributed by atoms with E-state index in [0.717, 1.165) is 0 Å². The highest BCUT2D eigenvalue weighted by molar-refractivity contribution is 7.85. The van der Waals surface area contributed by atoms with Crippen molar-refractivity contribution in [3.8, 4) is 0 Å². The van der Waals surface area contributed by atoms with Crippen LogP contribution >= 0.6 is 0 Å². The molecule has 98 valence electrons. The molecule has 0 spiro atoms. The van der Waals surface area contributed by atoms with Crippen LogP contribution in [0.4, 0.5) is 0 Å². The molecule has 0 aliphatic rings. The molecule has 0 saturated carbocycles. The van der Waals surface area contributed by atoms with Crippen molar-refractivity contribution in [1.29, 1.82) is 0 Å². The summed E-state index contributed by atoms with van der Waals surface area (Å²) < 4.78 is 29.2. The molecule has 0 unspecified atom stereocenters. The minimum Gasteiger partial charge on any atom is -0.309 e. The van der Waals surface area contributed by atoms with Crippen molar-refractivity contribution in [3.63, 3.8) is 0 Å². The van der Waals surface area contributed by atoms with Gasteiger partial charge in [0.25, 0.3) is 10.1 Å². The Morgan fingerprint density at radius 1 is 1.18 bits per heavy atom. The molecule has 4 nitrogen and oxygen atoms in total. The average molecular weight is 259 g/mol. The number of benzene rings is 1. The minimum atomic E-state index is -3.88. The Labute approximate surface area is 104 Å². The van der Waals surface area contributed by atoms with Crippen molar-refractivity contribution >= 4 is 10.1 Å². The van der Waals surface area contributed by atoms with Gasteiger partial charge >= 0.3 is 0 Å². The Morgan fingerprint density at radius 3 is 2.00 bits per heavy atom. The van der Waals surface area contributed by atoms with Gasteiger partial charge < -0.3 is 4.90 Å². The molecule has 0 atom stereocenters. The summed E-state index contributed by atoms with van der Waals surface area (Å²) in [6.45, 7) is 3.39. The van der Waals surface area contributed by atoms with Crippen LogP contribution in [0.1, 0.15) is 18.9 Å². The normalized spacial score (nSPS) is 10.9. The van der Waals surface area contributed by atoms with Crippen molar-refractivity contribution < 1.29 is 13.0 Å². The Bertz CT molecular complexity index is 387. The molecule has 0 amide bonds. The van der Waals surface area contributed by atoms with Gasteiger partial charge in [-0.1, -0.05) is 37.3 Å². The molecule has 5 heteroatoms. The molecule has 1 aromatic rings. The van der Waals surface area contributed by atoms with Gasteiger partial charge in [0.05, 0.1) is 0 Å². The second kappa shape index (κ2) is 8.22. The monoisotopic (exact) mass is 259 g/mol. The van der Waals surface area contributed by atoms with E-state index in [1.54, 1.807) is 30.3 Å². The molecule has 0 fully saturated rings. The third kappa shape index (κ3) is 11.4. The number of hydrogen-bond donors (Lipinski definition) is 1. The van der Waals surface area contributed by atoms with Crippen molar-refractivity contribution in [3.05, 3.63) is 35.9 Å². The van der Waals surface area contributed by atoms with E-state index >= 15 is 0 Å². The predicted molar refractivity (Wildman–Crippen MR) is 70.5 cm³/mol. The molecular formula is C12H21NO3S. The van der Waals surface area contributed by atoms with Gasteiger partial charge in [0.1, 0.15) is 5.75 Å². The van der Waals surface area contributed by atoms with Crippen LogP contribution < -0.4 is 0 Å². The molecule has 0 saturated heterocycles. The third-order valence-corrected chi connectivity index (χ3v) is 2.56. The number of rotatable bonds is 4. The maximum atomic E-state index is 10.4. The first-order chi connectivity index (χ1) is 7.85. The highest BCUT2D eigenvalue weighted by Crippen LogP contribution is 2.02. The highest BCUT2D eigenvalue weighted by Gasteiger charge is 2.04. The van der Waals surface area contributed by atoms with Crippen LogP contribution in [0.15, 0.2) is 30.3 Å². The fraction of sp³-hybridized carbons (Fsp3) is 0.500. The van der Waals surface area contributed by atoms with Gasteiger partial charge in [-0.25, -0.2) is 0 Å². The predicted octanol–water partition coefficient (Wildman–Crippen LogP) is 2.03. The molecule has 0 aliphatic carbocycles. The lowest BCUT2D eigenvalue weighted by atomic mass is 10.2. The van der Waals surface area contributed by atoms with Gasteiger partial charge in [-0.15, -0.1) is 0 Å². The molecule has 1 aromatic carbocycles. The summed E-state index contributed by atoms with van der Waals surface area (Å²) in [5, 5.41) is 0. The Morgan fingerprint density at radius 2 is 1.71 bits per heavy atom. The van der Waals surface area contributed by atoms with Crippen LogP contribution in [0, 0.1) is 0 Å². The molecule has 0 heterocycles. The van der Waals surface area contributed by atoms with Gasteiger partial charge in [-0.2, -0.15) is 8.42 Å². The highest BCUT2D eigenvalue weighted by atomic mass is 32.2. The molecular weight excluding hydrogens is 238 g/mol. The zero-order valence-corrected chi connectivity index (χ0v) is 11.4. The van der Waals surface area contributed by atoms with E-state index in [-0.39, 0.29) is 5.75 Å². The lowest BCUT2D eigenvalue weighted by Gasteiger charge is -2.03. The minimum absolute atomic E-state index is 0.312. The van der Waals surface area contributed by atoms with Gasteiger partial charge in [0, 0.05) is 0 Å². The van der Waals surface area contributed by atoms with Crippen LogP contribution in [-0.4, -0.2) is 38.5 Å². The maximum absolute atomic E-state index is 10.4. The first-order valence-electron chi connectivity index (χ1n) is 5.49. The molecule has 0 aromatic heterocycles. The van der Waals surface area contributed by atoms with Gasteiger partial charge in [-0.3, -0.25) is 4.55 Å². The molecule has 0 aliphatic heterocycles. The van der Waals surface area contributed by atoms with Gasteiger partial charge in [-0.05, 0) is 32.6 Å². The van der Waals surface area contributed by atoms with Crippen molar-refractivity contribution in [1.82, 2.24) is 4.90 Å². The summed E-state index contributed by atoms with van der Waals surface area (Å²) >= 11 is 0. The van der Waals surface area contributed by atoms with Crippen LogP contribution in [0.5, 0.6) is 0 Å². The SMILES string of the molecule is CCCN(C)C.O=S(=O)(O)Cc1ccccc1. The first-order valence-corrected chi connectivity index (χ1v) is 7.10. The molecule has 1 N–H and O–H groups in total. The lowest BCUT2D eigenvalue weighted by molar-refractivity contribution is 0.408. The quantitative estimate of drug-likeness (QED) is 0.841. The number of nitrogens with zero attached hydrogens (tertiary/aromatic N) is 1. The number of hydrogen-bond acceptors (Lipinski definition) is 3. The summed E-state index contributed by atoms with van der Waals surface area (Å²) in [5.74, 6) is -0.312. The largest absolute Gasteiger partial charge is 0.309 e. The summed E-state index contributed by atoms with van der Waals surface area (Å²) in [6.07, 6.45) is 1.26. The Kier molecular flexibility index (Phi) is 7.78. The standard InChI is InChI=1S/C7H8O3S.C5H13N/c8-11(9,10)6-7-4-2-1-3-5-7;1-4-5-6(2)3/h1-5H,6H2,(H,8,9,10);4-5H2,1-3H3. The fourth-order valence-electron chi connectivity index (χ4n) is 1.23. The van der Waals surface area contributed by atoms with E-state index < -0.39 is 10.1 Å². The summed E-state index contributed by atoms with van der Waals surface area (Å²) in [6, 6.07) is 8.52. The summed E-state index contributed by atoms with van der Waals surface area (Å²) in [7, 11) is 0.296. The lowest BCUT2D eigenvalue weighted by Crippen LogP contribution is -2.11. The van der Waals surface area contributed by atoms with Crippen LogP contribution in [0.25, 0.3) is 0 Å². The second-order valence-corrected chi connectivity index (χ2v) is 5.47. The Balaban J connectivity index is 0.000000366. The topological polar surface area (TPSA) is 57.6 Å².